The van der Waals surface area contributed by atoms with Crippen molar-refractivity contribution < 1.29 is 0 Å². The maximum Gasteiger partial charge on any atom is 0.00684 e. The minimum atomic E-state index is 0.566. The molecule has 0 bridgehead atoms. The quantitative estimate of drug-likeness (QED) is 0.804. The van der Waals surface area contributed by atoms with Gasteiger partial charge in [-0.05, 0) is 56.1 Å². The lowest BCUT2D eigenvalue weighted by molar-refractivity contribution is 0.181. The molecule has 1 heterocycles. The summed E-state index contributed by atoms with van der Waals surface area (Å²) in [6.45, 7) is 3.53. The molecule has 2 aliphatic rings. The maximum absolute atomic E-state index is 3.81. The van der Waals surface area contributed by atoms with Crippen molar-refractivity contribution in [3.05, 3.63) is 21.9 Å². The van der Waals surface area contributed by atoms with Crippen molar-refractivity contribution in [1.82, 2.24) is 5.32 Å². The van der Waals surface area contributed by atoms with Crippen LogP contribution in [-0.2, 0) is 12.8 Å². The van der Waals surface area contributed by atoms with E-state index in [1.807, 2.05) is 11.3 Å². The normalized spacial score (nSPS) is 22.6. The zero-order valence-corrected chi connectivity index (χ0v) is 13.0. The van der Waals surface area contributed by atoms with Gasteiger partial charge in [0.25, 0.3) is 0 Å². The van der Waals surface area contributed by atoms with E-state index < -0.39 is 0 Å². The van der Waals surface area contributed by atoms with E-state index in [0.29, 0.717) is 5.41 Å². The van der Waals surface area contributed by atoms with Gasteiger partial charge in [-0.1, -0.05) is 26.2 Å². The largest absolute Gasteiger partial charge is 0.313 e. The highest BCUT2D eigenvalue weighted by atomic mass is 32.1. The molecule has 1 aromatic rings. The first kappa shape index (κ1) is 13.6. The minimum Gasteiger partial charge on any atom is -0.313 e. The standard InChI is InChI=1S/C17H27NS/c1-2-15-8-9-16(19-15)12-17(10-4-3-5-11-17)13-18-14-6-7-14/h8-9,14,18H,2-7,10-13H2,1H3. The van der Waals surface area contributed by atoms with Crippen LogP contribution in [0.2, 0.25) is 0 Å². The number of hydrogen-bond donors (Lipinski definition) is 1. The molecule has 0 unspecified atom stereocenters. The van der Waals surface area contributed by atoms with Crippen molar-refractivity contribution in [2.45, 2.75) is 70.8 Å². The van der Waals surface area contributed by atoms with Gasteiger partial charge >= 0.3 is 0 Å². The number of rotatable bonds is 6. The SMILES string of the molecule is CCc1ccc(CC2(CNC3CC3)CCCCC2)s1. The summed E-state index contributed by atoms with van der Waals surface area (Å²) < 4.78 is 0. The molecule has 0 spiro atoms. The van der Waals surface area contributed by atoms with Gasteiger partial charge in [-0.25, -0.2) is 0 Å². The topological polar surface area (TPSA) is 12.0 Å². The summed E-state index contributed by atoms with van der Waals surface area (Å²) in [4.78, 5) is 3.17. The lowest BCUT2D eigenvalue weighted by Crippen LogP contribution is -2.38. The van der Waals surface area contributed by atoms with Gasteiger partial charge < -0.3 is 5.32 Å². The van der Waals surface area contributed by atoms with E-state index in [-0.39, 0.29) is 0 Å². The molecule has 3 rings (SSSR count). The fourth-order valence-electron chi connectivity index (χ4n) is 3.44. The van der Waals surface area contributed by atoms with Crippen molar-refractivity contribution in [3.63, 3.8) is 0 Å². The van der Waals surface area contributed by atoms with E-state index in [4.69, 9.17) is 0 Å². The average molecular weight is 277 g/mol. The van der Waals surface area contributed by atoms with Crippen LogP contribution in [0.5, 0.6) is 0 Å². The second-order valence-electron chi connectivity index (χ2n) is 6.61. The molecule has 0 amide bonds. The zero-order valence-electron chi connectivity index (χ0n) is 12.2. The van der Waals surface area contributed by atoms with Crippen molar-refractivity contribution in [2.75, 3.05) is 6.54 Å². The van der Waals surface area contributed by atoms with Gasteiger partial charge in [0.05, 0.1) is 0 Å². The predicted molar refractivity (Wildman–Crippen MR) is 83.9 cm³/mol. The van der Waals surface area contributed by atoms with Crippen molar-refractivity contribution in [3.8, 4) is 0 Å². The molecule has 0 atom stereocenters. The lowest BCUT2D eigenvalue weighted by Gasteiger charge is -2.37. The van der Waals surface area contributed by atoms with Gasteiger partial charge in [0.2, 0.25) is 0 Å². The molecular weight excluding hydrogens is 250 g/mol. The third-order valence-electron chi connectivity index (χ3n) is 4.87. The Labute approximate surface area is 121 Å². The Bertz CT molecular complexity index is 399. The highest BCUT2D eigenvalue weighted by molar-refractivity contribution is 7.11. The van der Waals surface area contributed by atoms with Gasteiger partial charge in [0.15, 0.2) is 0 Å². The summed E-state index contributed by atoms with van der Waals surface area (Å²) in [5.41, 5.74) is 0.566. The molecule has 1 aromatic heterocycles. The first-order valence-electron chi connectivity index (χ1n) is 8.11. The molecule has 106 valence electrons. The van der Waals surface area contributed by atoms with Crippen LogP contribution in [0.1, 0.15) is 61.6 Å². The molecule has 0 aromatic carbocycles. The van der Waals surface area contributed by atoms with E-state index in [9.17, 15) is 0 Å². The van der Waals surface area contributed by atoms with E-state index >= 15 is 0 Å². The molecule has 1 N–H and O–H groups in total. The Balaban J connectivity index is 1.66. The lowest BCUT2D eigenvalue weighted by atomic mass is 9.71. The highest BCUT2D eigenvalue weighted by Crippen LogP contribution is 2.40. The van der Waals surface area contributed by atoms with Gasteiger partial charge in [-0.2, -0.15) is 0 Å². The predicted octanol–water partition coefficient (Wildman–Crippen LogP) is 4.56. The number of aryl methyl sites for hydroxylation is 1. The number of thiophene rings is 1. The average Bonchev–Trinajstić information content (AvgIpc) is 3.17. The zero-order chi connectivity index (χ0) is 13.1. The Morgan fingerprint density at radius 1 is 1.16 bits per heavy atom. The van der Waals surface area contributed by atoms with Crippen LogP contribution in [0.3, 0.4) is 0 Å². The third-order valence-corrected chi connectivity index (χ3v) is 6.10. The minimum absolute atomic E-state index is 0.566. The molecule has 2 saturated carbocycles. The monoisotopic (exact) mass is 277 g/mol. The van der Waals surface area contributed by atoms with E-state index in [0.717, 1.165) is 6.04 Å². The Morgan fingerprint density at radius 3 is 2.53 bits per heavy atom. The van der Waals surface area contributed by atoms with Crippen molar-refractivity contribution >= 4 is 11.3 Å². The van der Waals surface area contributed by atoms with Gasteiger partial charge in [0, 0.05) is 22.3 Å². The fraction of sp³-hybridized carbons (Fsp3) is 0.765. The smallest absolute Gasteiger partial charge is 0.00684 e. The Hall–Kier alpha value is -0.340. The van der Waals surface area contributed by atoms with Crippen LogP contribution in [0.15, 0.2) is 12.1 Å². The molecule has 2 fully saturated rings. The molecule has 0 aliphatic heterocycles. The van der Waals surface area contributed by atoms with Gasteiger partial charge in [-0.3, -0.25) is 0 Å². The van der Waals surface area contributed by atoms with E-state index in [1.54, 1.807) is 9.75 Å². The fourth-order valence-corrected chi connectivity index (χ4v) is 4.57. The molecule has 2 aliphatic carbocycles. The first-order valence-corrected chi connectivity index (χ1v) is 8.92. The van der Waals surface area contributed by atoms with E-state index in [2.05, 4.69) is 24.4 Å². The van der Waals surface area contributed by atoms with Crippen molar-refractivity contribution in [1.29, 1.82) is 0 Å². The summed E-state index contributed by atoms with van der Waals surface area (Å²) in [6, 6.07) is 5.58. The summed E-state index contributed by atoms with van der Waals surface area (Å²) in [5.74, 6) is 0. The second-order valence-corrected chi connectivity index (χ2v) is 7.87. The second kappa shape index (κ2) is 5.97. The maximum atomic E-state index is 3.81. The van der Waals surface area contributed by atoms with Crippen molar-refractivity contribution in [2.24, 2.45) is 5.41 Å². The molecule has 0 radical (unpaired) electrons. The molecule has 1 nitrogen and oxygen atoms in total. The summed E-state index contributed by atoms with van der Waals surface area (Å²) >= 11 is 2.05. The van der Waals surface area contributed by atoms with E-state index in [1.165, 1.54) is 64.3 Å². The van der Waals surface area contributed by atoms with Crippen LogP contribution < -0.4 is 5.32 Å². The third kappa shape index (κ3) is 3.61. The molecule has 2 heteroatoms. The summed E-state index contributed by atoms with van der Waals surface area (Å²) in [7, 11) is 0. The Kier molecular flexibility index (Phi) is 4.28. The summed E-state index contributed by atoms with van der Waals surface area (Å²) in [6.07, 6.45) is 12.5. The van der Waals surface area contributed by atoms with Crippen LogP contribution in [-0.4, -0.2) is 12.6 Å². The Morgan fingerprint density at radius 2 is 1.89 bits per heavy atom. The van der Waals surface area contributed by atoms with Crippen LogP contribution in [0, 0.1) is 5.41 Å². The van der Waals surface area contributed by atoms with Crippen LogP contribution in [0.25, 0.3) is 0 Å². The molecule has 19 heavy (non-hydrogen) atoms. The summed E-state index contributed by atoms with van der Waals surface area (Å²) in [5, 5.41) is 3.81. The molecule has 0 saturated heterocycles. The first-order chi connectivity index (χ1) is 9.30. The number of nitrogens with one attached hydrogen (secondary N) is 1. The van der Waals surface area contributed by atoms with Crippen LogP contribution in [0.4, 0.5) is 0 Å². The highest BCUT2D eigenvalue weighted by Gasteiger charge is 2.34. The molecular formula is C17H27NS. The number of hydrogen-bond acceptors (Lipinski definition) is 2. The van der Waals surface area contributed by atoms with Crippen LogP contribution >= 0.6 is 11.3 Å². The van der Waals surface area contributed by atoms with Gasteiger partial charge in [-0.15, -0.1) is 11.3 Å². The van der Waals surface area contributed by atoms with Gasteiger partial charge in [0.1, 0.15) is 0 Å².